The van der Waals surface area contributed by atoms with Gasteiger partial charge in [-0.05, 0) is 36.8 Å². The van der Waals surface area contributed by atoms with Crippen LogP contribution in [0.3, 0.4) is 0 Å². The molecule has 122 valence electrons. The smallest absolute Gasteiger partial charge is 0.267 e. The van der Waals surface area contributed by atoms with Crippen LogP contribution in [0.4, 0.5) is 5.69 Å². The summed E-state index contributed by atoms with van der Waals surface area (Å²) in [5, 5.41) is 0. The maximum absolute atomic E-state index is 12.9. The minimum Gasteiger partial charge on any atom is -0.489 e. The number of sulfonamides is 1. The Hall–Kier alpha value is -2.05. The number of nitrogens with zero attached hydrogens (tertiary/aromatic N) is 1. The number of aryl methyl sites for hydroxylation is 1. The van der Waals surface area contributed by atoms with Gasteiger partial charge in [-0.25, -0.2) is 8.42 Å². The Bertz CT molecular complexity index is 785. The Morgan fingerprint density at radius 3 is 2.57 bits per heavy atom. The highest BCUT2D eigenvalue weighted by Crippen LogP contribution is 2.30. The topological polar surface area (TPSA) is 59.1 Å². The van der Waals surface area contributed by atoms with Crippen LogP contribution >= 0.6 is 0 Å². The summed E-state index contributed by atoms with van der Waals surface area (Å²) in [6.07, 6.45) is 0.0675. The predicted molar refractivity (Wildman–Crippen MR) is 88.4 cm³/mol. The molecular weight excluding hydrogens is 314 g/mol. The molecule has 1 heterocycles. The van der Waals surface area contributed by atoms with Crippen LogP contribution in [0.1, 0.15) is 5.56 Å². The van der Waals surface area contributed by atoms with E-state index >= 15 is 0 Å². The van der Waals surface area contributed by atoms with Gasteiger partial charge in [0.25, 0.3) is 10.0 Å². The summed E-state index contributed by atoms with van der Waals surface area (Å²) in [5.74, 6) is 0.364. The fourth-order valence-corrected chi connectivity index (χ4v) is 3.52. The molecule has 1 aliphatic heterocycles. The molecule has 1 unspecified atom stereocenters. The Balaban J connectivity index is 1.95. The summed E-state index contributed by atoms with van der Waals surface area (Å²) in [5.41, 5.74) is 1.54. The van der Waals surface area contributed by atoms with E-state index in [9.17, 15) is 8.42 Å². The lowest BCUT2D eigenvalue weighted by Crippen LogP contribution is -2.27. The van der Waals surface area contributed by atoms with Crippen molar-refractivity contribution < 1.29 is 17.9 Å². The summed E-state index contributed by atoms with van der Waals surface area (Å²) in [4.78, 5) is 0.162. The lowest BCUT2D eigenvalue weighted by atomic mass is 10.2. The highest BCUT2D eigenvalue weighted by atomic mass is 32.2. The van der Waals surface area contributed by atoms with Gasteiger partial charge in [0, 0.05) is 7.05 Å². The second-order valence-corrected chi connectivity index (χ2v) is 7.46. The second kappa shape index (κ2) is 6.22. The van der Waals surface area contributed by atoms with Gasteiger partial charge in [-0.15, -0.1) is 0 Å². The number of para-hydroxylation sites is 1. The lowest BCUT2D eigenvalue weighted by Gasteiger charge is -2.21. The van der Waals surface area contributed by atoms with Crippen LogP contribution in [0.5, 0.6) is 5.75 Å². The van der Waals surface area contributed by atoms with Crippen LogP contribution in [0.15, 0.2) is 53.4 Å². The number of benzene rings is 2. The van der Waals surface area contributed by atoms with Crippen LogP contribution in [-0.2, 0) is 14.8 Å². The summed E-state index contributed by atoms with van der Waals surface area (Å²) in [7, 11) is -2.16. The molecule has 23 heavy (non-hydrogen) atoms. The molecule has 0 bridgehead atoms. The summed E-state index contributed by atoms with van der Waals surface area (Å²) >= 11 is 0. The molecule has 1 fully saturated rings. The van der Waals surface area contributed by atoms with Crippen molar-refractivity contribution in [2.45, 2.75) is 17.9 Å². The van der Waals surface area contributed by atoms with E-state index < -0.39 is 10.0 Å². The first-order valence-corrected chi connectivity index (χ1v) is 8.81. The fourth-order valence-electron chi connectivity index (χ4n) is 2.21. The van der Waals surface area contributed by atoms with E-state index in [1.54, 1.807) is 42.5 Å². The highest BCUT2D eigenvalue weighted by Gasteiger charge is 2.28. The van der Waals surface area contributed by atoms with Crippen LogP contribution in [-0.4, -0.2) is 34.8 Å². The average molecular weight is 333 g/mol. The van der Waals surface area contributed by atoms with Gasteiger partial charge in [0.2, 0.25) is 0 Å². The standard InChI is InChI=1S/C17H19NO4S/c1-13-8-9-17(16(10-13)22-12-15-11-21-15)23(19,20)18(2)14-6-4-3-5-7-14/h3-10,15H,11-12H2,1-2H3. The molecule has 1 saturated heterocycles. The largest absolute Gasteiger partial charge is 0.489 e. The molecule has 2 aromatic carbocycles. The van der Waals surface area contributed by atoms with Crippen molar-refractivity contribution in [2.75, 3.05) is 24.6 Å². The second-order valence-electron chi connectivity index (χ2n) is 5.52. The van der Waals surface area contributed by atoms with Gasteiger partial charge < -0.3 is 9.47 Å². The van der Waals surface area contributed by atoms with E-state index in [2.05, 4.69) is 0 Å². The van der Waals surface area contributed by atoms with Gasteiger partial charge in [-0.3, -0.25) is 4.31 Å². The third-order valence-electron chi connectivity index (χ3n) is 3.68. The first-order valence-electron chi connectivity index (χ1n) is 7.37. The van der Waals surface area contributed by atoms with E-state index in [-0.39, 0.29) is 11.0 Å². The number of rotatable bonds is 6. The summed E-state index contributed by atoms with van der Waals surface area (Å²) in [6, 6.07) is 14.1. The zero-order chi connectivity index (χ0) is 16.4. The minimum atomic E-state index is -3.70. The SMILES string of the molecule is Cc1ccc(S(=O)(=O)N(C)c2ccccc2)c(OCC2CO2)c1. The molecule has 0 saturated carbocycles. The number of hydrogen-bond donors (Lipinski definition) is 0. The predicted octanol–water partition coefficient (Wildman–Crippen LogP) is 2.60. The molecule has 0 N–H and O–H groups in total. The van der Waals surface area contributed by atoms with E-state index in [1.807, 2.05) is 13.0 Å². The molecule has 1 atom stereocenters. The van der Waals surface area contributed by atoms with Crippen molar-refractivity contribution in [3.63, 3.8) is 0 Å². The molecule has 0 aliphatic carbocycles. The Labute approximate surface area is 136 Å². The van der Waals surface area contributed by atoms with Gasteiger partial charge in [0.05, 0.1) is 12.3 Å². The van der Waals surface area contributed by atoms with Crippen LogP contribution < -0.4 is 9.04 Å². The first-order chi connectivity index (χ1) is 11.0. The molecule has 5 nitrogen and oxygen atoms in total. The van der Waals surface area contributed by atoms with Crippen LogP contribution in [0, 0.1) is 6.92 Å². The van der Waals surface area contributed by atoms with Gasteiger partial charge >= 0.3 is 0 Å². The van der Waals surface area contributed by atoms with Crippen molar-refractivity contribution in [2.24, 2.45) is 0 Å². The van der Waals surface area contributed by atoms with Gasteiger partial charge in [-0.2, -0.15) is 0 Å². The van der Waals surface area contributed by atoms with E-state index in [4.69, 9.17) is 9.47 Å². The monoisotopic (exact) mass is 333 g/mol. The quantitative estimate of drug-likeness (QED) is 0.763. The van der Waals surface area contributed by atoms with E-state index in [1.165, 1.54) is 11.4 Å². The number of anilines is 1. The van der Waals surface area contributed by atoms with Crippen molar-refractivity contribution in [3.8, 4) is 5.75 Å². The molecule has 6 heteroatoms. The molecule has 3 rings (SSSR count). The molecule has 0 spiro atoms. The van der Waals surface area contributed by atoms with Crippen LogP contribution in [0.25, 0.3) is 0 Å². The normalized spacial score (nSPS) is 16.9. The number of epoxide rings is 1. The molecule has 2 aromatic rings. The number of ether oxygens (including phenoxy) is 2. The van der Waals surface area contributed by atoms with Gasteiger partial charge in [0.1, 0.15) is 23.4 Å². The molecular formula is C17H19NO4S. The Morgan fingerprint density at radius 1 is 1.22 bits per heavy atom. The maximum atomic E-state index is 12.9. The van der Waals surface area contributed by atoms with Gasteiger partial charge in [-0.1, -0.05) is 24.3 Å². The third-order valence-corrected chi connectivity index (χ3v) is 5.51. The van der Waals surface area contributed by atoms with Crippen molar-refractivity contribution in [1.82, 2.24) is 0 Å². The Kier molecular flexibility index (Phi) is 4.28. The minimum absolute atomic E-state index is 0.0675. The summed E-state index contributed by atoms with van der Waals surface area (Å²) < 4.78 is 37.9. The maximum Gasteiger partial charge on any atom is 0.267 e. The summed E-state index contributed by atoms with van der Waals surface area (Å²) in [6.45, 7) is 2.93. The zero-order valence-electron chi connectivity index (χ0n) is 13.1. The molecule has 0 amide bonds. The lowest BCUT2D eigenvalue weighted by molar-refractivity contribution is 0.258. The Morgan fingerprint density at radius 2 is 1.91 bits per heavy atom. The molecule has 1 aliphatic rings. The third kappa shape index (κ3) is 3.48. The average Bonchev–Trinajstić information content (AvgIpc) is 3.37. The fraction of sp³-hybridized carbons (Fsp3) is 0.294. The van der Waals surface area contributed by atoms with Crippen molar-refractivity contribution in [3.05, 3.63) is 54.1 Å². The van der Waals surface area contributed by atoms with Gasteiger partial charge in [0.15, 0.2) is 0 Å². The van der Waals surface area contributed by atoms with Crippen LogP contribution in [0.2, 0.25) is 0 Å². The van der Waals surface area contributed by atoms with E-state index in [0.29, 0.717) is 24.7 Å². The highest BCUT2D eigenvalue weighted by molar-refractivity contribution is 7.92. The molecule has 0 aromatic heterocycles. The zero-order valence-corrected chi connectivity index (χ0v) is 13.9. The van der Waals surface area contributed by atoms with Crippen molar-refractivity contribution in [1.29, 1.82) is 0 Å². The van der Waals surface area contributed by atoms with E-state index in [0.717, 1.165) is 5.56 Å². The molecule has 0 radical (unpaired) electrons. The number of hydrogen-bond acceptors (Lipinski definition) is 4. The first kappa shape index (κ1) is 15.8. The van der Waals surface area contributed by atoms with Crippen molar-refractivity contribution >= 4 is 15.7 Å².